The molecule has 0 bridgehead atoms. The Morgan fingerprint density at radius 1 is 1.10 bits per heavy atom. The van der Waals surface area contributed by atoms with Gasteiger partial charge in [-0.05, 0) is 30.3 Å². The molecule has 0 aliphatic carbocycles. The molecule has 0 aliphatic rings. The van der Waals surface area contributed by atoms with Crippen LogP contribution in [0.1, 0.15) is 16.1 Å². The molecule has 0 fully saturated rings. The predicted molar refractivity (Wildman–Crippen MR) is 110 cm³/mol. The molecule has 4 aromatic rings. The Hall–Kier alpha value is -4.07. The molecule has 4 rings (SSSR count). The summed E-state index contributed by atoms with van der Waals surface area (Å²) in [5.74, 6) is 0.819. The number of ether oxygens (including phenoxy) is 2. The minimum atomic E-state index is -0.389. The Morgan fingerprint density at radius 2 is 1.93 bits per heavy atom. The Morgan fingerprint density at radius 3 is 2.76 bits per heavy atom. The summed E-state index contributed by atoms with van der Waals surface area (Å²) in [7, 11) is 3.14. The predicted octanol–water partition coefficient (Wildman–Crippen LogP) is 3.34. The number of H-pyrrole nitrogens is 2. The molecule has 0 radical (unpaired) electrons. The topological polar surface area (TPSA) is 104 Å². The van der Waals surface area contributed by atoms with Crippen LogP contribution < -0.4 is 14.9 Å². The number of benzene rings is 2. The molecule has 3 N–H and O–H groups in total. The van der Waals surface area contributed by atoms with Gasteiger partial charge in [-0.25, -0.2) is 5.43 Å². The summed E-state index contributed by atoms with van der Waals surface area (Å²) >= 11 is 0. The van der Waals surface area contributed by atoms with Crippen LogP contribution in [0.25, 0.3) is 22.2 Å². The van der Waals surface area contributed by atoms with Crippen LogP contribution >= 0.6 is 0 Å². The van der Waals surface area contributed by atoms with Gasteiger partial charge in [-0.15, -0.1) is 0 Å². The highest BCUT2D eigenvalue weighted by Gasteiger charge is 2.12. The highest BCUT2D eigenvalue weighted by Crippen LogP contribution is 2.31. The van der Waals surface area contributed by atoms with Gasteiger partial charge < -0.3 is 14.5 Å². The van der Waals surface area contributed by atoms with Gasteiger partial charge >= 0.3 is 0 Å². The number of nitrogens with one attached hydrogen (secondary N) is 3. The summed E-state index contributed by atoms with van der Waals surface area (Å²) in [6, 6.07) is 14.9. The number of para-hydroxylation sites is 1. The van der Waals surface area contributed by atoms with Gasteiger partial charge in [0.2, 0.25) is 0 Å². The molecule has 0 unspecified atom stereocenters. The fraction of sp³-hybridized carbons (Fsp3) is 0.0952. The number of hydrogen-bond acceptors (Lipinski definition) is 5. The van der Waals surface area contributed by atoms with Crippen molar-refractivity contribution in [1.29, 1.82) is 0 Å². The second-order valence-corrected chi connectivity index (χ2v) is 6.23. The van der Waals surface area contributed by atoms with E-state index in [4.69, 9.17) is 9.47 Å². The van der Waals surface area contributed by atoms with E-state index in [0.717, 1.165) is 22.0 Å². The van der Waals surface area contributed by atoms with Crippen molar-refractivity contribution < 1.29 is 14.3 Å². The van der Waals surface area contributed by atoms with Crippen LogP contribution in [0.4, 0.5) is 0 Å². The molecule has 0 saturated heterocycles. The molecule has 2 heterocycles. The van der Waals surface area contributed by atoms with Crippen molar-refractivity contribution in [3.05, 3.63) is 66.0 Å². The molecular formula is C21H19N5O3. The molecular weight excluding hydrogens is 370 g/mol. The van der Waals surface area contributed by atoms with Crippen LogP contribution in [0, 0.1) is 0 Å². The highest BCUT2D eigenvalue weighted by molar-refractivity contribution is 6.00. The molecule has 2 aromatic carbocycles. The number of fused-ring (bicyclic) bond motifs is 1. The van der Waals surface area contributed by atoms with Crippen LogP contribution in [0.5, 0.6) is 11.5 Å². The van der Waals surface area contributed by atoms with E-state index in [1.54, 1.807) is 38.6 Å². The Bertz CT molecular complexity index is 1190. The minimum absolute atomic E-state index is 0.297. The first-order valence-electron chi connectivity index (χ1n) is 8.87. The van der Waals surface area contributed by atoms with E-state index >= 15 is 0 Å². The van der Waals surface area contributed by atoms with Gasteiger partial charge in [-0.3, -0.25) is 9.89 Å². The Balaban J connectivity index is 1.47. The maximum atomic E-state index is 12.4. The van der Waals surface area contributed by atoms with Gasteiger partial charge in [-0.1, -0.05) is 18.2 Å². The van der Waals surface area contributed by atoms with Gasteiger partial charge in [0.05, 0.1) is 26.1 Å². The van der Waals surface area contributed by atoms with Crippen molar-refractivity contribution in [3.63, 3.8) is 0 Å². The zero-order valence-electron chi connectivity index (χ0n) is 15.9. The van der Waals surface area contributed by atoms with Crippen molar-refractivity contribution in [2.24, 2.45) is 5.10 Å². The summed E-state index contributed by atoms with van der Waals surface area (Å²) in [4.78, 5) is 15.5. The van der Waals surface area contributed by atoms with Crippen molar-refractivity contribution >= 4 is 23.0 Å². The van der Waals surface area contributed by atoms with Crippen LogP contribution in [-0.2, 0) is 0 Å². The average Bonchev–Trinajstić information content (AvgIpc) is 3.41. The third kappa shape index (κ3) is 3.68. The van der Waals surface area contributed by atoms with Gasteiger partial charge in [-0.2, -0.15) is 10.2 Å². The maximum Gasteiger partial charge on any atom is 0.289 e. The molecule has 146 valence electrons. The number of aromatic amines is 2. The number of amides is 1. The fourth-order valence-electron chi connectivity index (χ4n) is 3.00. The van der Waals surface area contributed by atoms with Gasteiger partial charge in [0.15, 0.2) is 11.5 Å². The molecule has 0 aliphatic heterocycles. The van der Waals surface area contributed by atoms with Crippen molar-refractivity contribution in [2.75, 3.05) is 14.2 Å². The van der Waals surface area contributed by atoms with E-state index in [1.807, 2.05) is 36.5 Å². The Kier molecular flexibility index (Phi) is 4.98. The average molecular weight is 389 g/mol. The van der Waals surface area contributed by atoms with Crippen LogP contribution in [-0.4, -0.2) is 41.5 Å². The number of rotatable bonds is 6. The van der Waals surface area contributed by atoms with Crippen LogP contribution in [0.2, 0.25) is 0 Å². The van der Waals surface area contributed by atoms with Gasteiger partial charge in [0.1, 0.15) is 5.69 Å². The molecule has 0 spiro atoms. The van der Waals surface area contributed by atoms with E-state index in [-0.39, 0.29) is 5.91 Å². The number of nitrogens with zero attached hydrogens (tertiary/aromatic N) is 2. The number of hydrogen-bond donors (Lipinski definition) is 3. The molecule has 1 amide bonds. The summed E-state index contributed by atoms with van der Waals surface area (Å²) in [5, 5.41) is 12.0. The first kappa shape index (κ1) is 18.3. The summed E-state index contributed by atoms with van der Waals surface area (Å²) in [5.41, 5.74) is 6.10. The smallest absolute Gasteiger partial charge is 0.289 e. The lowest BCUT2D eigenvalue weighted by Gasteiger charge is -2.08. The largest absolute Gasteiger partial charge is 0.493 e. The van der Waals surface area contributed by atoms with Gasteiger partial charge in [0, 0.05) is 28.2 Å². The van der Waals surface area contributed by atoms with Crippen LogP contribution in [0.3, 0.4) is 0 Å². The SMILES string of the molecule is COc1ccc(-c2cc(C(=O)N/N=C\c3c[nH]c4ccccc34)[nH]n2)cc1OC. The number of carbonyl (C=O) groups excluding carboxylic acids is 1. The molecule has 8 heteroatoms. The number of methoxy groups -OCH3 is 2. The first-order chi connectivity index (χ1) is 14.2. The molecule has 8 nitrogen and oxygen atoms in total. The molecule has 29 heavy (non-hydrogen) atoms. The summed E-state index contributed by atoms with van der Waals surface area (Å²) in [6.07, 6.45) is 3.44. The fourth-order valence-corrected chi connectivity index (χ4v) is 3.00. The van der Waals surface area contributed by atoms with Crippen LogP contribution in [0.15, 0.2) is 59.8 Å². The van der Waals surface area contributed by atoms with E-state index in [9.17, 15) is 4.79 Å². The highest BCUT2D eigenvalue weighted by atomic mass is 16.5. The Labute approximate surface area is 166 Å². The minimum Gasteiger partial charge on any atom is -0.493 e. The normalized spacial score (nSPS) is 11.1. The summed E-state index contributed by atoms with van der Waals surface area (Å²) < 4.78 is 10.5. The quantitative estimate of drug-likeness (QED) is 0.347. The third-order valence-corrected chi connectivity index (χ3v) is 4.49. The third-order valence-electron chi connectivity index (χ3n) is 4.49. The zero-order chi connectivity index (χ0) is 20.2. The van der Waals surface area contributed by atoms with E-state index < -0.39 is 0 Å². The standard InChI is InChI=1S/C21H19N5O3/c1-28-19-8-7-13(9-20(19)29-2)17-10-18(25-24-17)21(27)26-23-12-14-11-22-16-6-4-3-5-15(14)16/h3-12,22H,1-2H3,(H,24,25)(H,26,27)/b23-12-. The zero-order valence-corrected chi connectivity index (χ0v) is 15.9. The number of hydrazone groups is 1. The molecule has 0 saturated carbocycles. The molecule has 0 atom stereocenters. The number of carbonyl (C=O) groups is 1. The van der Waals surface area contributed by atoms with Crippen molar-refractivity contribution in [1.82, 2.24) is 20.6 Å². The van der Waals surface area contributed by atoms with E-state index in [0.29, 0.717) is 22.9 Å². The van der Waals surface area contributed by atoms with Crippen molar-refractivity contribution in [2.45, 2.75) is 0 Å². The van der Waals surface area contributed by atoms with E-state index in [2.05, 4.69) is 25.7 Å². The van der Waals surface area contributed by atoms with E-state index in [1.165, 1.54) is 0 Å². The monoisotopic (exact) mass is 389 g/mol. The molecule has 2 aromatic heterocycles. The lowest BCUT2D eigenvalue weighted by molar-refractivity contribution is 0.0950. The van der Waals surface area contributed by atoms with Gasteiger partial charge in [0.25, 0.3) is 5.91 Å². The lowest BCUT2D eigenvalue weighted by atomic mass is 10.1. The first-order valence-corrected chi connectivity index (χ1v) is 8.87. The summed E-state index contributed by atoms with van der Waals surface area (Å²) in [6.45, 7) is 0. The lowest BCUT2D eigenvalue weighted by Crippen LogP contribution is -2.17. The number of aromatic nitrogens is 3. The maximum absolute atomic E-state index is 12.4. The van der Waals surface area contributed by atoms with Crippen molar-refractivity contribution in [3.8, 4) is 22.8 Å². The second kappa shape index (κ2) is 7.89. The second-order valence-electron chi connectivity index (χ2n) is 6.23.